The van der Waals surface area contributed by atoms with Gasteiger partial charge >= 0.3 is 0 Å². The minimum Gasteiger partial charge on any atom is -0.378 e. The van der Waals surface area contributed by atoms with Crippen LogP contribution >= 0.6 is 0 Å². The Morgan fingerprint density at radius 2 is 1.90 bits per heavy atom. The van der Waals surface area contributed by atoms with Gasteiger partial charge in [-0.15, -0.1) is 0 Å². The molecule has 2 atom stereocenters. The maximum atomic E-state index is 12.8. The van der Waals surface area contributed by atoms with E-state index < -0.39 is 0 Å². The van der Waals surface area contributed by atoms with Gasteiger partial charge in [0.2, 0.25) is 5.91 Å². The Labute approximate surface area is 178 Å². The highest BCUT2D eigenvalue weighted by molar-refractivity contribution is 5.95. The molecular formula is C22H35N5O3. The summed E-state index contributed by atoms with van der Waals surface area (Å²) in [5.74, 6) is 0.954. The van der Waals surface area contributed by atoms with Crippen LogP contribution < -0.4 is 5.32 Å². The number of hydrogen-bond donors (Lipinski definition) is 1. The molecule has 0 bridgehead atoms. The first kappa shape index (κ1) is 21.3. The molecule has 1 aromatic heterocycles. The molecule has 1 N–H and O–H groups in total. The van der Waals surface area contributed by atoms with Gasteiger partial charge in [0.25, 0.3) is 5.91 Å². The van der Waals surface area contributed by atoms with E-state index in [0.717, 1.165) is 37.5 Å². The number of morpholine rings is 1. The highest BCUT2D eigenvalue weighted by Crippen LogP contribution is 2.35. The molecule has 0 spiro atoms. The highest BCUT2D eigenvalue weighted by atomic mass is 16.5. The summed E-state index contributed by atoms with van der Waals surface area (Å²) in [5, 5.41) is 7.42. The van der Waals surface area contributed by atoms with Crippen molar-refractivity contribution in [3.8, 4) is 0 Å². The molecule has 2 saturated heterocycles. The maximum absolute atomic E-state index is 12.8. The van der Waals surface area contributed by atoms with E-state index in [9.17, 15) is 9.59 Å². The fourth-order valence-electron chi connectivity index (χ4n) is 4.79. The molecule has 4 rings (SSSR count). The molecule has 0 aromatic carbocycles. The molecular weight excluding hydrogens is 382 g/mol. The lowest BCUT2D eigenvalue weighted by atomic mass is 10.1. The third-order valence-corrected chi connectivity index (χ3v) is 6.86. The Hall–Kier alpha value is -1.93. The molecule has 30 heavy (non-hydrogen) atoms. The largest absolute Gasteiger partial charge is 0.378 e. The van der Waals surface area contributed by atoms with Crippen molar-refractivity contribution in [3.63, 3.8) is 0 Å². The van der Waals surface area contributed by atoms with E-state index in [1.165, 1.54) is 12.8 Å². The van der Waals surface area contributed by atoms with Crippen molar-refractivity contribution in [2.24, 2.45) is 5.92 Å². The zero-order chi connectivity index (χ0) is 21.1. The molecule has 1 aromatic rings. The van der Waals surface area contributed by atoms with E-state index >= 15 is 0 Å². The first-order valence-corrected chi connectivity index (χ1v) is 11.5. The van der Waals surface area contributed by atoms with Crippen LogP contribution in [0.2, 0.25) is 0 Å². The first-order valence-electron chi connectivity index (χ1n) is 11.5. The summed E-state index contributed by atoms with van der Waals surface area (Å²) in [6, 6.07) is 0.589. The molecule has 1 saturated carbocycles. The number of ether oxygens (including phenoxy) is 1. The van der Waals surface area contributed by atoms with Gasteiger partial charge in [0.15, 0.2) is 0 Å². The summed E-state index contributed by atoms with van der Waals surface area (Å²) in [7, 11) is 0. The van der Waals surface area contributed by atoms with Crippen molar-refractivity contribution in [2.45, 2.75) is 64.6 Å². The summed E-state index contributed by atoms with van der Waals surface area (Å²) < 4.78 is 7.22. The minimum absolute atomic E-state index is 0.0496. The molecule has 0 radical (unpaired) electrons. The van der Waals surface area contributed by atoms with Gasteiger partial charge in [0.1, 0.15) is 0 Å². The molecule has 166 valence electrons. The number of hydrogen-bond acceptors (Lipinski definition) is 5. The monoisotopic (exact) mass is 417 g/mol. The fourth-order valence-corrected chi connectivity index (χ4v) is 4.79. The number of aromatic nitrogens is 2. The second kappa shape index (κ2) is 9.47. The normalized spacial score (nSPS) is 24.9. The molecule has 3 fully saturated rings. The number of nitrogens with one attached hydrogen (secondary N) is 1. The molecule has 1 aliphatic carbocycles. The van der Waals surface area contributed by atoms with Crippen molar-refractivity contribution >= 4 is 11.8 Å². The van der Waals surface area contributed by atoms with Crippen molar-refractivity contribution in [1.29, 1.82) is 0 Å². The predicted molar refractivity (Wildman–Crippen MR) is 113 cm³/mol. The Morgan fingerprint density at radius 3 is 2.57 bits per heavy atom. The number of amides is 2. The van der Waals surface area contributed by atoms with E-state index in [2.05, 4.69) is 15.3 Å². The van der Waals surface area contributed by atoms with Gasteiger partial charge in [-0.05, 0) is 45.4 Å². The SMILES string of the molecule is CCn1ncc(C(=O)NC[C@@H]2CC[C@H](CC(=O)N3CCOCC3)N2CC2CC2)c1C. The van der Waals surface area contributed by atoms with Crippen LogP contribution in [0.25, 0.3) is 0 Å². The van der Waals surface area contributed by atoms with E-state index in [0.29, 0.717) is 50.9 Å². The van der Waals surface area contributed by atoms with Gasteiger partial charge in [-0.2, -0.15) is 5.10 Å². The summed E-state index contributed by atoms with van der Waals surface area (Å²) in [4.78, 5) is 30.0. The Kier molecular flexibility index (Phi) is 6.73. The first-order chi connectivity index (χ1) is 14.6. The molecule has 8 heteroatoms. The van der Waals surface area contributed by atoms with Crippen LogP contribution in [0.1, 0.15) is 55.1 Å². The van der Waals surface area contributed by atoms with Crippen LogP contribution in [0.4, 0.5) is 0 Å². The number of rotatable bonds is 8. The lowest BCUT2D eigenvalue weighted by Crippen LogP contribution is -2.47. The average Bonchev–Trinajstić information content (AvgIpc) is 3.40. The second-order valence-electron chi connectivity index (χ2n) is 8.89. The fraction of sp³-hybridized carbons (Fsp3) is 0.773. The highest BCUT2D eigenvalue weighted by Gasteiger charge is 2.38. The van der Waals surface area contributed by atoms with Crippen LogP contribution in [0.15, 0.2) is 6.20 Å². The van der Waals surface area contributed by atoms with Gasteiger partial charge < -0.3 is 15.0 Å². The molecule has 8 nitrogen and oxygen atoms in total. The molecule has 3 aliphatic rings. The summed E-state index contributed by atoms with van der Waals surface area (Å²) in [5.41, 5.74) is 1.56. The minimum atomic E-state index is -0.0496. The zero-order valence-corrected chi connectivity index (χ0v) is 18.3. The van der Waals surface area contributed by atoms with Crippen LogP contribution in [0, 0.1) is 12.8 Å². The molecule has 0 unspecified atom stereocenters. The van der Waals surface area contributed by atoms with Gasteiger partial charge in [-0.3, -0.25) is 19.2 Å². The van der Waals surface area contributed by atoms with E-state index in [-0.39, 0.29) is 17.9 Å². The lowest BCUT2D eigenvalue weighted by molar-refractivity contribution is -0.136. The van der Waals surface area contributed by atoms with Crippen molar-refractivity contribution in [2.75, 3.05) is 39.4 Å². The summed E-state index contributed by atoms with van der Waals surface area (Å²) in [6.07, 6.45) is 6.87. The summed E-state index contributed by atoms with van der Waals surface area (Å²) >= 11 is 0. The number of carbonyl (C=O) groups is 2. The van der Waals surface area contributed by atoms with E-state index in [1.807, 2.05) is 23.4 Å². The van der Waals surface area contributed by atoms with Crippen LogP contribution in [-0.2, 0) is 16.1 Å². The van der Waals surface area contributed by atoms with Gasteiger partial charge in [0.05, 0.1) is 25.0 Å². The zero-order valence-electron chi connectivity index (χ0n) is 18.3. The number of nitrogens with zero attached hydrogens (tertiary/aromatic N) is 4. The Morgan fingerprint density at radius 1 is 1.17 bits per heavy atom. The quantitative estimate of drug-likeness (QED) is 0.692. The number of likely N-dealkylation sites (tertiary alicyclic amines) is 1. The topological polar surface area (TPSA) is 79.7 Å². The van der Waals surface area contributed by atoms with E-state index in [4.69, 9.17) is 4.74 Å². The third kappa shape index (κ3) is 4.86. The predicted octanol–water partition coefficient (Wildman–Crippen LogP) is 1.43. The number of aryl methyl sites for hydroxylation is 1. The van der Waals surface area contributed by atoms with Gasteiger partial charge in [0, 0.05) is 56.9 Å². The van der Waals surface area contributed by atoms with E-state index in [1.54, 1.807) is 6.20 Å². The third-order valence-electron chi connectivity index (χ3n) is 6.86. The van der Waals surface area contributed by atoms with Crippen LogP contribution in [0.3, 0.4) is 0 Å². The van der Waals surface area contributed by atoms with Gasteiger partial charge in [-0.25, -0.2) is 0 Å². The van der Waals surface area contributed by atoms with Crippen molar-refractivity contribution < 1.29 is 14.3 Å². The number of carbonyl (C=O) groups excluding carboxylic acids is 2. The van der Waals surface area contributed by atoms with Crippen molar-refractivity contribution in [3.05, 3.63) is 17.5 Å². The molecule has 2 aliphatic heterocycles. The average molecular weight is 418 g/mol. The second-order valence-corrected chi connectivity index (χ2v) is 8.89. The smallest absolute Gasteiger partial charge is 0.254 e. The maximum Gasteiger partial charge on any atom is 0.254 e. The standard InChI is InChI=1S/C22H35N5O3/c1-3-27-16(2)20(14-24-27)22(29)23-13-19-7-6-18(26(19)15-17-4-5-17)12-21(28)25-8-10-30-11-9-25/h14,17-19H,3-13,15H2,1-2H3,(H,23,29)/t18-,19+/m1/s1. The van der Waals surface area contributed by atoms with Crippen LogP contribution in [-0.4, -0.2) is 82.9 Å². The van der Waals surface area contributed by atoms with Crippen molar-refractivity contribution in [1.82, 2.24) is 24.9 Å². The molecule has 3 heterocycles. The van der Waals surface area contributed by atoms with Gasteiger partial charge in [-0.1, -0.05) is 0 Å². The summed E-state index contributed by atoms with van der Waals surface area (Å²) in [6.45, 7) is 9.10. The van der Waals surface area contributed by atoms with Crippen LogP contribution in [0.5, 0.6) is 0 Å². The Bertz CT molecular complexity index is 754. The lowest BCUT2D eigenvalue weighted by Gasteiger charge is -2.33. The Balaban J connectivity index is 1.34. The molecule has 2 amide bonds.